The van der Waals surface area contributed by atoms with Crippen molar-refractivity contribution >= 4 is 23.3 Å². The number of carbonyl (C=O) groups is 2. The highest BCUT2D eigenvalue weighted by Gasteiger charge is 2.12. The van der Waals surface area contributed by atoms with Crippen molar-refractivity contribution in [2.75, 3.05) is 10.6 Å². The van der Waals surface area contributed by atoms with Crippen LogP contribution in [0, 0.1) is 12.7 Å². The lowest BCUT2D eigenvalue weighted by molar-refractivity contribution is -0.116. The Balaban J connectivity index is 1.65. The lowest BCUT2D eigenvalue weighted by atomic mass is 10.1. The van der Waals surface area contributed by atoms with Crippen LogP contribution >= 0.6 is 0 Å². The van der Waals surface area contributed by atoms with Gasteiger partial charge in [-0.2, -0.15) is 5.10 Å². The van der Waals surface area contributed by atoms with Crippen LogP contribution in [0.25, 0.3) is 0 Å². The summed E-state index contributed by atoms with van der Waals surface area (Å²) in [6.07, 6.45) is 5.18. The highest BCUT2D eigenvalue weighted by atomic mass is 19.1. The molecule has 0 bridgehead atoms. The molecule has 3 rings (SSSR count). The molecule has 0 aliphatic carbocycles. The standard InChI is InChI=1S/C18H19FN6O2/c1-12-20-6-8-25(12)7-4-17(26)22-15-10-13(9-14(19)11-15)18(27)23-16-3-5-21-24(16)2/h3,5-6,8-11H,4,7H2,1-2H3,(H,22,26)(H,23,27). The molecule has 2 amide bonds. The summed E-state index contributed by atoms with van der Waals surface area (Å²) in [4.78, 5) is 28.6. The van der Waals surface area contributed by atoms with Crippen molar-refractivity contribution in [3.63, 3.8) is 0 Å². The van der Waals surface area contributed by atoms with Gasteiger partial charge in [0.25, 0.3) is 5.91 Å². The Morgan fingerprint density at radius 1 is 1.19 bits per heavy atom. The Labute approximate surface area is 155 Å². The molecule has 2 heterocycles. The molecule has 0 aliphatic rings. The molecule has 27 heavy (non-hydrogen) atoms. The second-order valence-corrected chi connectivity index (χ2v) is 5.99. The number of rotatable bonds is 6. The van der Waals surface area contributed by atoms with Crippen molar-refractivity contribution in [3.05, 3.63) is 60.1 Å². The topological polar surface area (TPSA) is 93.8 Å². The zero-order chi connectivity index (χ0) is 19.4. The SMILES string of the molecule is Cc1nccn1CCC(=O)Nc1cc(F)cc(C(=O)Nc2ccnn2C)c1. The normalized spacial score (nSPS) is 10.6. The number of amides is 2. The van der Waals surface area contributed by atoms with Crippen LogP contribution in [-0.2, 0) is 18.4 Å². The zero-order valence-electron chi connectivity index (χ0n) is 14.9. The Bertz CT molecular complexity index is 978. The third-order valence-corrected chi connectivity index (χ3v) is 4.01. The fourth-order valence-electron chi connectivity index (χ4n) is 2.56. The van der Waals surface area contributed by atoms with Crippen LogP contribution in [0.3, 0.4) is 0 Å². The maximum Gasteiger partial charge on any atom is 0.256 e. The van der Waals surface area contributed by atoms with E-state index in [0.29, 0.717) is 12.4 Å². The third-order valence-electron chi connectivity index (χ3n) is 4.01. The molecule has 2 aromatic heterocycles. The minimum Gasteiger partial charge on any atom is -0.335 e. The quantitative estimate of drug-likeness (QED) is 0.696. The van der Waals surface area contributed by atoms with Gasteiger partial charge in [-0.15, -0.1) is 0 Å². The van der Waals surface area contributed by atoms with E-state index in [9.17, 15) is 14.0 Å². The molecule has 0 unspecified atom stereocenters. The van der Waals surface area contributed by atoms with Gasteiger partial charge in [0, 0.05) is 49.7 Å². The largest absolute Gasteiger partial charge is 0.335 e. The molecule has 1 aromatic carbocycles. The zero-order valence-corrected chi connectivity index (χ0v) is 14.9. The minimum absolute atomic E-state index is 0.0944. The van der Waals surface area contributed by atoms with Gasteiger partial charge in [-0.3, -0.25) is 14.3 Å². The van der Waals surface area contributed by atoms with Crippen LogP contribution in [0.4, 0.5) is 15.9 Å². The molecule has 0 atom stereocenters. The Morgan fingerprint density at radius 3 is 2.67 bits per heavy atom. The van der Waals surface area contributed by atoms with Crippen LogP contribution in [0.1, 0.15) is 22.6 Å². The average molecular weight is 370 g/mol. The molecule has 140 valence electrons. The number of aryl methyl sites for hydroxylation is 3. The van der Waals surface area contributed by atoms with Crippen molar-refractivity contribution in [2.45, 2.75) is 19.9 Å². The first-order valence-electron chi connectivity index (χ1n) is 8.30. The first kappa shape index (κ1) is 18.3. The Hall–Kier alpha value is -3.49. The maximum atomic E-state index is 13.9. The summed E-state index contributed by atoms with van der Waals surface area (Å²) in [5, 5.41) is 9.21. The summed E-state index contributed by atoms with van der Waals surface area (Å²) in [5.41, 5.74) is 0.314. The van der Waals surface area contributed by atoms with E-state index in [-0.39, 0.29) is 23.6 Å². The average Bonchev–Trinajstić information content (AvgIpc) is 3.21. The monoisotopic (exact) mass is 370 g/mol. The Kier molecular flexibility index (Phi) is 5.30. The van der Waals surface area contributed by atoms with Gasteiger partial charge < -0.3 is 15.2 Å². The van der Waals surface area contributed by atoms with E-state index in [1.807, 2.05) is 11.5 Å². The Morgan fingerprint density at radius 2 is 2.00 bits per heavy atom. The van der Waals surface area contributed by atoms with E-state index in [0.717, 1.165) is 11.9 Å². The van der Waals surface area contributed by atoms with E-state index < -0.39 is 11.7 Å². The lowest BCUT2D eigenvalue weighted by Crippen LogP contribution is -2.17. The molecule has 9 heteroatoms. The van der Waals surface area contributed by atoms with Crippen LogP contribution in [0.2, 0.25) is 0 Å². The second-order valence-electron chi connectivity index (χ2n) is 5.99. The van der Waals surface area contributed by atoms with Crippen molar-refractivity contribution in [2.24, 2.45) is 7.05 Å². The number of aromatic nitrogens is 4. The molecular formula is C18H19FN6O2. The van der Waals surface area contributed by atoms with Gasteiger partial charge in [0.15, 0.2) is 0 Å². The first-order valence-corrected chi connectivity index (χ1v) is 8.30. The number of benzene rings is 1. The summed E-state index contributed by atoms with van der Waals surface area (Å²) >= 11 is 0. The van der Waals surface area contributed by atoms with Gasteiger partial charge in [-0.1, -0.05) is 0 Å². The minimum atomic E-state index is -0.617. The number of nitrogens with zero attached hydrogens (tertiary/aromatic N) is 4. The predicted molar refractivity (Wildman–Crippen MR) is 97.8 cm³/mol. The molecule has 2 N–H and O–H groups in total. The second kappa shape index (κ2) is 7.81. The lowest BCUT2D eigenvalue weighted by Gasteiger charge is -2.10. The van der Waals surface area contributed by atoms with Crippen molar-refractivity contribution in [1.82, 2.24) is 19.3 Å². The van der Waals surface area contributed by atoms with Gasteiger partial charge >= 0.3 is 0 Å². The van der Waals surface area contributed by atoms with E-state index >= 15 is 0 Å². The van der Waals surface area contributed by atoms with E-state index in [1.165, 1.54) is 23.0 Å². The van der Waals surface area contributed by atoms with Crippen LogP contribution < -0.4 is 10.6 Å². The number of imidazole rings is 1. The molecule has 0 saturated carbocycles. The fourth-order valence-corrected chi connectivity index (χ4v) is 2.56. The van der Waals surface area contributed by atoms with Gasteiger partial charge in [-0.25, -0.2) is 9.37 Å². The maximum absolute atomic E-state index is 13.9. The number of hydrogen-bond acceptors (Lipinski definition) is 4. The highest BCUT2D eigenvalue weighted by molar-refractivity contribution is 6.05. The van der Waals surface area contributed by atoms with Gasteiger partial charge in [-0.05, 0) is 25.1 Å². The summed E-state index contributed by atoms with van der Waals surface area (Å²) in [5.74, 6) is -0.115. The van der Waals surface area contributed by atoms with E-state index in [2.05, 4.69) is 20.7 Å². The number of hydrogen-bond donors (Lipinski definition) is 2. The van der Waals surface area contributed by atoms with E-state index in [1.54, 1.807) is 25.5 Å². The molecule has 8 nitrogen and oxygen atoms in total. The summed E-state index contributed by atoms with van der Waals surface area (Å²) in [6, 6.07) is 5.32. The highest BCUT2D eigenvalue weighted by Crippen LogP contribution is 2.16. The van der Waals surface area contributed by atoms with E-state index in [4.69, 9.17) is 0 Å². The molecule has 0 fully saturated rings. The van der Waals surface area contributed by atoms with Crippen LogP contribution in [0.5, 0.6) is 0 Å². The van der Waals surface area contributed by atoms with Crippen LogP contribution in [-0.4, -0.2) is 31.1 Å². The molecule has 0 spiro atoms. The van der Waals surface area contributed by atoms with Gasteiger partial charge in [0.2, 0.25) is 5.91 Å². The van der Waals surface area contributed by atoms with Gasteiger partial charge in [0.1, 0.15) is 17.5 Å². The number of anilines is 2. The number of halogens is 1. The summed E-state index contributed by atoms with van der Waals surface area (Å²) in [7, 11) is 1.68. The summed E-state index contributed by atoms with van der Waals surface area (Å²) < 4.78 is 17.2. The molecular weight excluding hydrogens is 351 g/mol. The molecule has 0 saturated heterocycles. The smallest absolute Gasteiger partial charge is 0.256 e. The third kappa shape index (κ3) is 4.57. The first-order chi connectivity index (χ1) is 12.9. The van der Waals surface area contributed by atoms with Gasteiger partial charge in [0.05, 0.1) is 6.20 Å². The summed E-state index contributed by atoms with van der Waals surface area (Å²) in [6.45, 7) is 2.30. The van der Waals surface area contributed by atoms with Crippen LogP contribution in [0.15, 0.2) is 42.9 Å². The molecule has 0 aliphatic heterocycles. The number of nitrogens with one attached hydrogen (secondary N) is 2. The van der Waals surface area contributed by atoms with Crippen molar-refractivity contribution in [1.29, 1.82) is 0 Å². The van der Waals surface area contributed by atoms with Crippen molar-refractivity contribution < 1.29 is 14.0 Å². The molecule has 0 radical (unpaired) electrons. The molecule has 3 aromatic rings. The number of carbonyl (C=O) groups excluding carboxylic acids is 2. The fraction of sp³-hybridized carbons (Fsp3) is 0.222. The predicted octanol–water partition coefficient (Wildman–Crippen LogP) is 2.35. The van der Waals surface area contributed by atoms with Crippen molar-refractivity contribution in [3.8, 4) is 0 Å².